The smallest absolute Gasteiger partial charge is 0.202 e. The summed E-state index contributed by atoms with van der Waals surface area (Å²) >= 11 is 0. The SMILES string of the molecule is C=C(CCC(C)C1CCC2(C)C3CCC4C(C)(C)C(=O)C(O)=CC4(C)C3CCC12C)C(C)C. The Morgan fingerprint density at radius 3 is 2.27 bits per heavy atom. The van der Waals surface area contributed by atoms with E-state index in [-0.39, 0.29) is 17.0 Å². The minimum atomic E-state index is -0.467. The number of carbonyl (C=O) groups excluding carboxylic acids is 1. The van der Waals surface area contributed by atoms with E-state index in [9.17, 15) is 9.90 Å². The van der Waals surface area contributed by atoms with Crippen LogP contribution < -0.4 is 0 Å². The molecule has 0 aromatic rings. The first kappa shape index (κ1) is 25.1. The molecule has 0 bridgehead atoms. The van der Waals surface area contributed by atoms with E-state index in [4.69, 9.17) is 0 Å². The van der Waals surface area contributed by atoms with Crippen LogP contribution in [0.5, 0.6) is 0 Å². The average Bonchev–Trinajstić information content (AvgIpc) is 3.01. The molecule has 4 rings (SSSR count). The number of hydrogen-bond donors (Lipinski definition) is 1. The summed E-state index contributed by atoms with van der Waals surface area (Å²) in [6.45, 7) is 23.2. The lowest BCUT2D eigenvalue weighted by Gasteiger charge is -2.65. The zero-order chi connectivity index (χ0) is 24.6. The zero-order valence-electron chi connectivity index (χ0n) is 22.8. The van der Waals surface area contributed by atoms with E-state index in [2.05, 4.69) is 62.0 Å². The van der Waals surface area contributed by atoms with Crippen molar-refractivity contribution in [3.8, 4) is 0 Å². The molecule has 8 unspecified atom stereocenters. The van der Waals surface area contributed by atoms with E-state index in [1.54, 1.807) is 0 Å². The fraction of sp³-hybridized carbons (Fsp3) is 0.839. The molecule has 1 N–H and O–H groups in total. The van der Waals surface area contributed by atoms with E-state index in [1.165, 1.54) is 50.5 Å². The van der Waals surface area contributed by atoms with Crippen LogP contribution in [0.2, 0.25) is 0 Å². The van der Waals surface area contributed by atoms with Crippen LogP contribution >= 0.6 is 0 Å². The maximum Gasteiger partial charge on any atom is 0.202 e. The molecule has 0 radical (unpaired) electrons. The largest absolute Gasteiger partial charge is 0.505 e. The predicted molar refractivity (Wildman–Crippen MR) is 138 cm³/mol. The summed E-state index contributed by atoms with van der Waals surface area (Å²) in [5.74, 6) is 3.69. The van der Waals surface area contributed by atoms with Gasteiger partial charge in [-0.3, -0.25) is 4.79 Å². The second kappa shape index (κ2) is 7.99. The molecule has 33 heavy (non-hydrogen) atoms. The summed E-state index contributed by atoms with van der Waals surface area (Å²) in [7, 11) is 0. The molecule has 2 nitrogen and oxygen atoms in total. The summed E-state index contributed by atoms with van der Waals surface area (Å²) in [5, 5.41) is 10.7. The highest BCUT2D eigenvalue weighted by molar-refractivity contribution is 5.98. The number of aliphatic hydroxyl groups is 1. The van der Waals surface area contributed by atoms with Gasteiger partial charge in [0.15, 0.2) is 5.76 Å². The quantitative estimate of drug-likeness (QED) is 0.423. The van der Waals surface area contributed by atoms with Crippen LogP contribution in [0.15, 0.2) is 24.0 Å². The van der Waals surface area contributed by atoms with Crippen molar-refractivity contribution in [3.63, 3.8) is 0 Å². The van der Waals surface area contributed by atoms with Gasteiger partial charge in [-0.1, -0.05) is 67.5 Å². The Bertz CT molecular complexity index is 849. The number of hydrogen-bond acceptors (Lipinski definition) is 2. The molecule has 186 valence electrons. The van der Waals surface area contributed by atoms with E-state index in [1.807, 2.05) is 6.08 Å². The topological polar surface area (TPSA) is 37.3 Å². The van der Waals surface area contributed by atoms with E-state index >= 15 is 0 Å². The molecule has 0 saturated heterocycles. The van der Waals surface area contributed by atoms with Crippen molar-refractivity contribution in [2.45, 2.75) is 107 Å². The Morgan fingerprint density at radius 1 is 1.00 bits per heavy atom. The number of rotatable bonds is 5. The molecular formula is C31H50O2. The van der Waals surface area contributed by atoms with Gasteiger partial charge >= 0.3 is 0 Å². The predicted octanol–water partition coefficient (Wildman–Crippen LogP) is 8.53. The van der Waals surface area contributed by atoms with Gasteiger partial charge in [0, 0.05) is 5.41 Å². The van der Waals surface area contributed by atoms with Crippen LogP contribution in [0.3, 0.4) is 0 Å². The molecule has 0 amide bonds. The zero-order valence-corrected chi connectivity index (χ0v) is 22.8. The van der Waals surface area contributed by atoms with Crippen molar-refractivity contribution in [3.05, 3.63) is 24.0 Å². The minimum absolute atomic E-state index is 0.0289. The van der Waals surface area contributed by atoms with E-state index in [0.717, 1.165) is 18.3 Å². The van der Waals surface area contributed by atoms with Crippen LogP contribution in [0, 0.1) is 57.2 Å². The molecule has 2 heteroatoms. The van der Waals surface area contributed by atoms with Crippen LogP contribution in [0.4, 0.5) is 0 Å². The summed E-state index contributed by atoms with van der Waals surface area (Å²) in [6.07, 6.45) is 12.0. The lowest BCUT2D eigenvalue weighted by atomic mass is 9.39. The first-order valence-electron chi connectivity index (χ1n) is 13.8. The Balaban J connectivity index is 1.61. The number of fused-ring (bicyclic) bond motifs is 5. The van der Waals surface area contributed by atoms with Gasteiger partial charge in [0.1, 0.15) is 0 Å². The molecule has 8 atom stereocenters. The van der Waals surface area contributed by atoms with Gasteiger partial charge in [0.25, 0.3) is 0 Å². The number of aliphatic hydroxyl groups excluding tert-OH is 1. The lowest BCUT2D eigenvalue weighted by Crippen LogP contribution is -2.60. The molecule has 4 aliphatic carbocycles. The molecule has 3 fully saturated rings. The van der Waals surface area contributed by atoms with Crippen molar-refractivity contribution >= 4 is 5.78 Å². The van der Waals surface area contributed by atoms with Gasteiger partial charge in [0.2, 0.25) is 5.78 Å². The first-order chi connectivity index (χ1) is 15.2. The molecule has 0 aromatic carbocycles. The maximum absolute atomic E-state index is 12.8. The Hall–Kier alpha value is -1.05. The van der Waals surface area contributed by atoms with Crippen LogP contribution in [0.1, 0.15) is 107 Å². The number of allylic oxidation sites excluding steroid dienone is 3. The molecule has 3 saturated carbocycles. The van der Waals surface area contributed by atoms with Gasteiger partial charge in [-0.15, -0.1) is 0 Å². The first-order valence-corrected chi connectivity index (χ1v) is 13.8. The highest BCUT2D eigenvalue weighted by Crippen LogP contribution is 2.74. The third-order valence-electron chi connectivity index (χ3n) is 12.3. The summed E-state index contributed by atoms with van der Waals surface area (Å²) < 4.78 is 0. The monoisotopic (exact) mass is 454 g/mol. The molecule has 0 aliphatic heterocycles. The number of Topliss-reactive ketones (excluding diaryl/α,β-unsaturated/α-hetero) is 1. The van der Waals surface area contributed by atoms with Gasteiger partial charge < -0.3 is 5.11 Å². The average molecular weight is 455 g/mol. The Kier molecular flexibility index (Phi) is 6.07. The summed E-state index contributed by atoms with van der Waals surface area (Å²) in [5.41, 5.74) is 1.61. The third kappa shape index (κ3) is 3.43. The van der Waals surface area contributed by atoms with Crippen molar-refractivity contribution in [2.75, 3.05) is 0 Å². The van der Waals surface area contributed by atoms with Gasteiger partial charge in [0.05, 0.1) is 0 Å². The molecule has 0 aromatic heterocycles. The van der Waals surface area contributed by atoms with Crippen LogP contribution in [-0.2, 0) is 4.79 Å². The molecule has 4 aliphatic rings. The summed E-state index contributed by atoms with van der Waals surface area (Å²) in [4.78, 5) is 12.8. The number of carbonyl (C=O) groups is 1. The highest BCUT2D eigenvalue weighted by Gasteiger charge is 2.67. The fourth-order valence-corrected chi connectivity index (χ4v) is 9.85. The second-order valence-electron chi connectivity index (χ2n) is 14.1. The van der Waals surface area contributed by atoms with Gasteiger partial charge in [-0.05, 0) is 109 Å². The lowest BCUT2D eigenvalue weighted by molar-refractivity contribution is -0.163. The van der Waals surface area contributed by atoms with E-state index in [0.29, 0.717) is 34.5 Å². The van der Waals surface area contributed by atoms with Gasteiger partial charge in [-0.25, -0.2) is 0 Å². The molecule has 0 spiro atoms. The second-order valence-corrected chi connectivity index (χ2v) is 14.1. The minimum Gasteiger partial charge on any atom is -0.505 e. The summed E-state index contributed by atoms with van der Waals surface area (Å²) in [6, 6.07) is 0. The van der Waals surface area contributed by atoms with Gasteiger partial charge in [-0.2, -0.15) is 0 Å². The van der Waals surface area contributed by atoms with Crippen molar-refractivity contribution in [1.29, 1.82) is 0 Å². The fourth-order valence-electron chi connectivity index (χ4n) is 9.85. The third-order valence-corrected chi connectivity index (χ3v) is 12.3. The van der Waals surface area contributed by atoms with Crippen LogP contribution in [-0.4, -0.2) is 10.9 Å². The maximum atomic E-state index is 12.8. The van der Waals surface area contributed by atoms with E-state index < -0.39 is 5.41 Å². The highest BCUT2D eigenvalue weighted by atomic mass is 16.3. The van der Waals surface area contributed by atoms with Crippen molar-refractivity contribution in [1.82, 2.24) is 0 Å². The Labute approximate surface area is 203 Å². The van der Waals surface area contributed by atoms with Crippen molar-refractivity contribution < 1.29 is 9.90 Å². The normalized spacial score (nSPS) is 45.1. The standard InChI is InChI=1S/C31H50O2/c1-19(2)20(3)10-11-21(4)22-14-16-31(9)24-12-13-26-28(5,6)27(33)25(32)18-29(26,7)23(24)15-17-30(22,31)8/h18-19,21-24,26,32H,3,10-17H2,1-2,4-9H3. The molecule has 0 heterocycles. The van der Waals surface area contributed by atoms with Crippen molar-refractivity contribution in [2.24, 2.45) is 57.2 Å². The Morgan fingerprint density at radius 2 is 1.64 bits per heavy atom. The number of ketones is 1. The van der Waals surface area contributed by atoms with Crippen LogP contribution in [0.25, 0.3) is 0 Å². The molecular weight excluding hydrogens is 404 g/mol.